The first-order valence-electron chi connectivity index (χ1n) is 7.38. The Morgan fingerprint density at radius 2 is 1.24 bits per heavy atom. The topological polar surface area (TPSA) is 34.1 Å². The molecule has 0 heterocycles. The van der Waals surface area contributed by atoms with E-state index in [2.05, 4.69) is 0 Å². The molecule has 0 aliphatic carbocycles. The summed E-state index contributed by atoms with van der Waals surface area (Å²) in [5.41, 5.74) is 1.03. The summed E-state index contributed by atoms with van der Waals surface area (Å²) in [7, 11) is 0. The summed E-state index contributed by atoms with van der Waals surface area (Å²) in [5.74, 6) is 0.182. The molecule has 2 rings (SSSR count). The van der Waals surface area contributed by atoms with Gasteiger partial charge in [-0.15, -0.1) is 0 Å². The Kier molecular flexibility index (Phi) is 5.42. The second-order valence-corrected chi connectivity index (χ2v) is 5.91. The van der Waals surface area contributed by atoms with Crippen LogP contribution in [-0.2, 0) is 0 Å². The van der Waals surface area contributed by atoms with Crippen molar-refractivity contribution in [3.8, 4) is 0 Å². The van der Waals surface area contributed by atoms with E-state index in [0.29, 0.717) is 5.56 Å². The van der Waals surface area contributed by atoms with E-state index in [1.807, 2.05) is 65.0 Å². The maximum Gasteiger partial charge on any atom is 0.168 e. The Morgan fingerprint density at radius 1 is 0.810 bits per heavy atom. The Labute approximate surface area is 127 Å². The summed E-state index contributed by atoms with van der Waals surface area (Å²) < 4.78 is 0. The number of Topliss-reactive ketones (excluding diaryl/α,β-unsaturated/α-hetero) is 2. The van der Waals surface area contributed by atoms with E-state index in [1.54, 1.807) is 13.0 Å². The van der Waals surface area contributed by atoms with Crippen molar-refractivity contribution in [3.63, 3.8) is 0 Å². The fourth-order valence-electron chi connectivity index (χ4n) is 2.04. The lowest BCUT2D eigenvalue weighted by Gasteiger charge is -2.16. The molecule has 0 aliphatic heterocycles. The van der Waals surface area contributed by atoms with Crippen LogP contribution in [0.1, 0.15) is 62.3 Å². The van der Waals surface area contributed by atoms with Crippen molar-refractivity contribution in [1.82, 2.24) is 0 Å². The molecule has 0 bridgehead atoms. The van der Waals surface area contributed by atoms with Gasteiger partial charge in [-0.25, -0.2) is 0 Å². The lowest BCUT2D eigenvalue weighted by Crippen LogP contribution is -2.19. The molecule has 2 aromatic carbocycles. The smallest absolute Gasteiger partial charge is 0.168 e. The van der Waals surface area contributed by atoms with Crippen molar-refractivity contribution >= 4 is 22.3 Å². The van der Waals surface area contributed by atoms with Gasteiger partial charge in [-0.2, -0.15) is 0 Å². The first kappa shape index (κ1) is 17.1. The van der Waals surface area contributed by atoms with E-state index in [0.717, 1.165) is 16.3 Å². The van der Waals surface area contributed by atoms with Crippen LogP contribution in [0, 0.1) is 5.41 Å². The summed E-state index contributed by atoms with van der Waals surface area (Å²) in [6.45, 7) is 11.3. The number of rotatable bonds is 2. The van der Waals surface area contributed by atoms with Gasteiger partial charge in [0.2, 0.25) is 0 Å². The predicted molar refractivity (Wildman–Crippen MR) is 89.1 cm³/mol. The van der Waals surface area contributed by atoms with Gasteiger partial charge >= 0.3 is 0 Å². The normalized spacial score (nSPS) is 10.8. The van der Waals surface area contributed by atoms with E-state index < -0.39 is 0 Å². The van der Waals surface area contributed by atoms with E-state index in [4.69, 9.17) is 0 Å². The van der Waals surface area contributed by atoms with Crippen molar-refractivity contribution < 1.29 is 9.59 Å². The molecular weight excluding hydrogens is 260 g/mol. The predicted octanol–water partition coefficient (Wildman–Crippen LogP) is 5.30. The Morgan fingerprint density at radius 3 is 1.67 bits per heavy atom. The fraction of sp³-hybridized carbons (Fsp3) is 0.368. The quantitative estimate of drug-likeness (QED) is 0.701. The van der Waals surface area contributed by atoms with Gasteiger partial charge in [-0.1, -0.05) is 58.9 Å². The monoisotopic (exact) mass is 284 g/mol. The standard InChI is InChI=1S/C17H18O2.C2H6/c1-11(18)12-5-6-14-10-15(8-7-13(14)9-12)16(19)17(2,3)4;1-2/h5-10H,1-4H3;1-2H3. The number of ketones is 2. The van der Waals surface area contributed by atoms with Gasteiger partial charge in [0.1, 0.15) is 0 Å². The van der Waals surface area contributed by atoms with Crippen molar-refractivity contribution in [2.24, 2.45) is 5.41 Å². The summed E-state index contributed by atoms with van der Waals surface area (Å²) >= 11 is 0. The molecule has 0 amide bonds. The minimum atomic E-state index is -0.382. The van der Waals surface area contributed by atoms with Crippen molar-refractivity contribution in [2.45, 2.75) is 41.5 Å². The Bertz CT molecular complexity index is 661. The molecular formula is C19H24O2. The zero-order valence-electron chi connectivity index (χ0n) is 13.8. The lowest BCUT2D eigenvalue weighted by molar-refractivity contribution is 0.0858. The highest BCUT2D eigenvalue weighted by molar-refractivity contribution is 6.04. The van der Waals surface area contributed by atoms with Crippen LogP contribution in [0.5, 0.6) is 0 Å². The summed E-state index contributed by atoms with van der Waals surface area (Å²) in [6.07, 6.45) is 0. The average molecular weight is 284 g/mol. The maximum absolute atomic E-state index is 12.2. The summed E-state index contributed by atoms with van der Waals surface area (Å²) in [4.78, 5) is 23.6. The molecule has 0 radical (unpaired) electrons. The number of benzene rings is 2. The molecule has 2 nitrogen and oxygen atoms in total. The number of carbonyl (C=O) groups excluding carboxylic acids is 2. The van der Waals surface area contributed by atoms with Crippen LogP contribution in [0.3, 0.4) is 0 Å². The summed E-state index contributed by atoms with van der Waals surface area (Å²) in [6, 6.07) is 11.2. The number of hydrogen-bond donors (Lipinski definition) is 0. The molecule has 2 aromatic rings. The van der Waals surface area contributed by atoms with E-state index in [-0.39, 0.29) is 17.0 Å². The van der Waals surface area contributed by atoms with E-state index in [1.165, 1.54) is 0 Å². The van der Waals surface area contributed by atoms with Crippen LogP contribution in [-0.4, -0.2) is 11.6 Å². The zero-order chi connectivity index (χ0) is 16.2. The van der Waals surface area contributed by atoms with Crippen molar-refractivity contribution in [3.05, 3.63) is 47.5 Å². The molecule has 0 saturated heterocycles. The minimum absolute atomic E-state index is 0.0525. The second kappa shape index (κ2) is 6.66. The third-order valence-electron chi connectivity index (χ3n) is 3.19. The SMILES string of the molecule is CC.CC(=O)c1ccc2cc(C(=O)C(C)(C)C)ccc2c1. The highest BCUT2D eigenvalue weighted by atomic mass is 16.1. The fourth-order valence-corrected chi connectivity index (χ4v) is 2.04. The molecule has 0 fully saturated rings. The van der Waals surface area contributed by atoms with E-state index >= 15 is 0 Å². The van der Waals surface area contributed by atoms with Gasteiger partial charge in [-0.3, -0.25) is 9.59 Å². The van der Waals surface area contributed by atoms with Gasteiger partial charge in [0.05, 0.1) is 0 Å². The van der Waals surface area contributed by atoms with Crippen molar-refractivity contribution in [2.75, 3.05) is 0 Å². The molecule has 112 valence electrons. The number of fused-ring (bicyclic) bond motifs is 1. The summed E-state index contributed by atoms with van der Waals surface area (Å²) in [5, 5.41) is 1.97. The number of hydrogen-bond acceptors (Lipinski definition) is 2. The van der Waals surface area contributed by atoms with Crippen LogP contribution >= 0.6 is 0 Å². The first-order valence-corrected chi connectivity index (χ1v) is 7.38. The molecule has 0 N–H and O–H groups in total. The molecule has 0 atom stereocenters. The molecule has 21 heavy (non-hydrogen) atoms. The van der Waals surface area contributed by atoms with Gasteiger partial charge in [-0.05, 0) is 29.8 Å². The van der Waals surface area contributed by atoms with E-state index in [9.17, 15) is 9.59 Å². The number of carbonyl (C=O) groups is 2. The van der Waals surface area contributed by atoms with Gasteiger partial charge < -0.3 is 0 Å². The van der Waals surface area contributed by atoms with Crippen LogP contribution < -0.4 is 0 Å². The van der Waals surface area contributed by atoms with Crippen LogP contribution in [0.25, 0.3) is 10.8 Å². The Hall–Kier alpha value is -1.96. The lowest BCUT2D eigenvalue weighted by atomic mass is 9.86. The second-order valence-electron chi connectivity index (χ2n) is 5.91. The van der Waals surface area contributed by atoms with Gasteiger partial charge in [0, 0.05) is 16.5 Å². The van der Waals surface area contributed by atoms with Crippen LogP contribution in [0.15, 0.2) is 36.4 Å². The third-order valence-corrected chi connectivity index (χ3v) is 3.19. The Balaban J connectivity index is 0.00000106. The highest BCUT2D eigenvalue weighted by Crippen LogP contribution is 2.24. The third kappa shape index (κ3) is 4.01. The maximum atomic E-state index is 12.2. The first-order chi connectivity index (χ1) is 9.79. The van der Waals surface area contributed by atoms with Crippen molar-refractivity contribution in [1.29, 1.82) is 0 Å². The molecule has 2 heteroatoms. The molecule has 0 spiro atoms. The molecule has 0 saturated carbocycles. The van der Waals surface area contributed by atoms with Gasteiger partial charge in [0.15, 0.2) is 11.6 Å². The largest absolute Gasteiger partial charge is 0.295 e. The molecule has 0 aromatic heterocycles. The molecule has 0 aliphatic rings. The zero-order valence-corrected chi connectivity index (χ0v) is 13.8. The van der Waals surface area contributed by atoms with Crippen LogP contribution in [0.4, 0.5) is 0 Å². The average Bonchev–Trinajstić information content (AvgIpc) is 2.46. The minimum Gasteiger partial charge on any atom is -0.295 e. The van der Waals surface area contributed by atoms with Gasteiger partial charge in [0.25, 0.3) is 0 Å². The highest BCUT2D eigenvalue weighted by Gasteiger charge is 2.22. The van der Waals surface area contributed by atoms with Crippen LogP contribution in [0.2, 0.25) is 0 Å². The molecule has 0 unspecified atom stereocenters.